The molecule has 1 aliphatic heterocycles. The topological polar surface area (TPSA) is 46.2 Å². The summed E-state index contributed by atoms with van der Waals surface area (Å²) in [4.78, 5) is 4.43. The maximum atomic E-state index is 5.60. The van der Waals surface area contributed by atoms with Crippen LogP contribution < -0.4 is 10.6 Å². The fourth-order valence-corrected chi connectivity index (χ4v) is 2.40. The number of hydrogen-bond acceptors (Lipinski definition) is 5. The highest BCUT2D eigenvalue weighted by Gasteiger charge is 2.12. The maximum Gasteiger partial charge on any atom is 0.0897 e. The average molecular weight is 241 g/mol. The first-order valence-electron chi connectivity index (χ1n) is 5.78. The molecule has 1 aromatic heterocycles. The largest absolute Gasteiger partial charge is 0.374 e. The zero-order chi connectivity index (χ0) is 11.2. The second kappa shape index (κ2) is 6.30. The summed E-state index contributed by atoms with van der Waals surface area (Å²) in [6.07, 6.45) is 1.33. The Balaban J connectivity index is 1.57. The van der Waals surface area contributed by atoms with E-state index in [0.717, 1.165) is 44.2 Å². The average Bonchev–Trinajstić information content (AvgIpc) is 2.72. The molecule has 1 saturated heterocycles. The van der Waals surface area contributed by atoms with Crippen LogP contribution in [0.15, 0.2) is 5.38 Å². The zero-order valence-electron chi connectivity index (χ0n) is 9.66. The third-order valence-electron chi connectivity index (χ3n) is 2.60. The highest BCUT2D eigenvalue weighted by Crippen LogP contribution is 2.07. The van der Waals surface area contributed by atoms with Crippen LogP contribution in [0, 0.1) is 6.92 Å². The van der Waals surface area contributed by atoms with Gasteiger partial charge in [-0.05, 0) is 6.92 Å². The molecule has 16 heavy (non-hydrogen) atoms. The minimum Gasteiger partial charge on any atom is -0.374 e. The van der Waals surface area contributed by atoms with Gasteiger partial charge >= 0.3 is 0 Å². The van der Waals surface area contributed by atoms with Crippen LogP contribution in [0.1, 0.15) is 10.7 Å². The van der Waals surface area contributed by atoms with Crippen molar-refractivity contribution in [3.63, 3.8) is 0 Å². The summed E-state index contributed by atoms with van der Waals surface area (Å²) < 4.78 is 5.60. The number of hydrogen-bond donors (Lipinski definition) is 2. The summed E-state index contributed by atoms with van der Waals surface area (Å²) >= 11 is 1.72. The smallest absolute Gasteiger partial charge is 0.0897 e. The van der Waals surface area contributed by atoms with Crippen molar-refractivity contribution in [3.05, 3.63) is 16.1 Å². The van der Waals surface area contributed by atoms with Gasteiger partial charge in [-0.25, -0.2) is 4.98 Å². The van der Waals surface area contributed by atoms with Crippen molar-refractivity contribution in [3.8, 4) is 0 Å². The Morgan fingerprint density at radius 2 is 2.62 bits per heavy atom. The van der Waals surface area contributed by atoms with Gasteiger partial charge in [-0.1, -0.05) is 0 Å². The number of ether oxygens (including phenoxy) is 1. The van der Waals surface area contributed by atoms with Gasteiger partial charge in [0.25, 0.3) is 0 Å². The number of aromatic nitrogens is 1. The van der Waals surface area contributed by atoms with Gasteiger partial charge in [-0.15, -0.1) is 11.3 Å². The number of nitrogens with one attached hydrogen (secondary N) is 2. The lowest BCUT2D eigenvalue weighted by Gasteiger charge is -2.23. The van der Waals surface area contributed by atoms with E-state index in [0.29, 0.717) is 6.10 Å². The van der Waals surface area contributed by atoms with E-state index in [1.54, 1.807) is 11.3 Å². The van der Waals surface area contributed by atoms with Gasteiger partial charge in [0, 0.05) is 38.0 Å². The fourth-order valence-electron chi connectivity index (χ4n) is 1.75. The van der Waals surface area contributed by atoms with Crippen LogP contribution in [0.25, 0.3) is 0 Å². The van der Waals surface area contributed by atoms with Gasteiger partial charge in [0.1, 0.15) is 0 Å². The van der Waals surface area contributed by atoms with Gasteiger partial charge in [-0.3, -0.25) is 0 Å². The Bertz CT molecular complexity index is 310. The summed E-state index contributed by atoms with van der Waals surface area (Å²) in [5, 5.41) is 10.0. The van der Waals surface area contributed by atoms with Crippen LogP contribution >= 0.6 is 11.3 Å². The zero-order valence-corrected chi connectivity index (χ0v) is 10.5. The Labute approximate surface area is 100 Å². The molecule has 0 amide bonds. The van der Waals surface area contributed by atoms with Crippen molar-refractivity contribution in [1.29, 1.82) is 0 Å². The monoisotopic (exact) mass is 241 g/mol. The van der Waals surface area contributed by atoms with E-state index in [2.05, 4.69) is 21.0 Å². The van der Waals surface area contributed by atoms with Crippen molar-refractivity contribution in [2.75, 3.05) is 32.8 Å². The molecule has 2 N–H and O–H groups in total. The Morgan fingerprint density at radius 1 is 1.69 bits per heavy atom. The Hall–Kier alpha value is -0.490. The Kier molecular flexibility index (Phi) is 4.71. The fraction of sp³-hybridized carbons (Fsp3) is 0.727. The maximum absolute atomic E-state index is 5.60. The van der Waals surface area contributed by atoms with Gasteiger partial charge in [0.05, 0.1) is 23.4 Å². The molecule has 0 radical (unpaired) electrons. The number of rotatable bonds is 5. The normalized spacial score (nSPS) is 21.2. The molecule has 0 spiro atoms. The van der Waals surface area contributed by atoms with Crippen LogP contribution in [0.2, 0.25) is 0 Å². The molecule has 0 bridgehead atoms. The predicted molar refractivity (Wildman–Crippen MR) is 66.0 cm³/mol. The van der Waals surface area contributed by atoms with Gasteiger partial charge < -0.3 is 15.4 Å². The van der Waals surface area contributed by atoms with Gasteiger partial charge in [-0.2, -0.15) is 0 Å². The molecule has 2 heterocycles. The third-order valence-corrected chi connectivity index (χ3v) is 3.42. The first-order valence-corrected chi connectivity index (χ1v) is 6.66. The quantitative estimate of drug-likeness (QED) is 0.740. The molecule has 5 heteroatoms. The third kappa shape index (κ3) is 3.83. The number of thiazole rings is 1. The van der Waals surface area contributed by atoms with E-state index < -0.39 is 0 Å². The second-order valence-electron chi connectivity index (χ2n) is 4.01. The molecular formula is C11H19N3OS. The molecule has 1 unspecified atom stereocenters. The summed E-state index contributed by atoms with van der Waals surface area (Å²) in [5.41, 5.74) is 1.19. The molecule has 0 aromatic carbocycles. The summed E-state index contributed by atoms with van der Waals surface area (Å²) in [6, 6.07) is 0. The lowest BCUT2D eigenvalue weighted by atomic mass is 10.3. The van der Waals surface area contributed by atoms with E-state index in [9.17, 15) is 0 Å². The molecule has 2 rings (SSSR count). The summed E-state index contributed by atoms with van der Waals surface area (Å²) in [5.74, 6) is 0. The van der Waals surface area contributed by atoms with Crippen LogP contribution in [0.3, 0.4) is 0 Å². The number of aryl methyl sites for hydroxylation is 1. The molecule has 4 nitrogen and oxygen atoms in total. The first kappa shape index (κ1) is 12.0. The van der Waals surface area contributed by atoms with E-state index in [4.69, 9.17) is 4.74 Å². The summed E-state index contributed by atoms with van der Waals surface area (Å²) in [7, 11) is 0. The van der Waals surface area contributed by atoms with E-state index in [-0.39, 0.29) is 0 Å². The molecule has 1 fully saturated rings. The van der Waals surface area contributed by atoms with Crippen molar-refractivity contribution in [2.45, 2.75) is 19.4 Å². The number of morpholine rings is 1. The lowest BCUT2D eigenvalue weighted by molar-refractivity contribution is 0.0294. The number of nitrogens with zero attached hydrogens (tertiary/aromatic N) is 1. The Morgan fingerprint density at radius 3 is 3.31 bits per heavy atom. The van der Waals surface area contributed by atoms with Gasteiger partial charge in [0.15, 0.2) is 0 Å². The molecule has 90 valence electrons. The molecule has 1 atom stereocenters. The second-order valence-corrected chi connectivity index (χ2v) is 5.07. The van der Waals surface area contributed by atoms with Crippen LogP contribution in [-0.2, 0) is 11.2 Å². The molecule has 1 aliphatic rings. The molecule has 1 aromatic rings. The van der Waals surface area contributed by atoms with Crippen molar-refractivity contribution in [1.82, 2.24) is 15.6 Å². The van der Waals surface area contributed by atoms with Crippen molar-refractivity contribution in [2.24, 2.45) is 0 Å². The van der Waals surface area contributed by atoms with Crippen molar-refractivity contribution < 1.29 is 4.74 Å². The summed E-state index contributed by atoms with van der Waals surface area (Å²) in [6.45, 7) is 6.72. The SMILES string of the molecule is Cc1nc(CCNCC2CNCCO2)cs1. The van der Waals surface area contributed by atoms with E-state index >= 15 is 0 Å². The van der Waals surface area contributed by atoms with Gasteiger partial charge in [0.2, 0.25) is 0 Å². The predicted octanol–water partition coefficient (Wildman–Crippen LogP) is 0.572. The van der Waals surface area contributed by atoms with E-state index in [1.807, 2.05) is 6.92 Å². The molecule has 0 saturated carbocycles. The minimum atomic E-state index is 0.325. The van der Waals surface area contributed by atoms with Crippen LogP contribution in [-0.4, -0.2) is 43.9 Å². The van der Waals surface area contributed by atoms with Crippen LogP contribution in [0.5, 0.6) is 0 Å². The molecular weight excluding hydrogens is 222 g/mol. The lowest BCUT2D eigenvalue weighted by Crippen LogP contribution is -2.44. The van der Waals surface area contributed by atoms with E-state index in [1.165, 1.54) is 5.69 Å². The standard InChI is InChI=1S/C11H19N3OS/c1-9-14-10(8-16-9)2-3-12-6-11-7-13-4-5-15-11/h8,11-13H,2-7H2,1H3. The minimum absolute atomic E-state index is 0.325. The van der Waals surface area contributed by atoms with Crippen LogP contribution in [0.4, 0.5) is 0 Å². The highest BCUT2D eigenvalue weighted by molar-refractivity contribution is 7.09. The van der Waals surface area contributed by atoms with Crippen molar-refractivity contribution >= 4 is 11.3 Å². The molecule has 0 aliphatic carbocycles. The first-order chi connectivity index (χ1) is 7.84. The highest BCUT2D eigenvalue weighted by atomic mass is 32.1.